The highest BCUT2D eigenvalue weighted by Gasteiger charge is 2.17. The maximum atomic E-state index is 12.1. The van der Waals surface area contributed by atoms with Crippen molar-refractivity contribution in [1.82, 2.24) is 0 Å². The predicted molar refractivity (Wildman–Crippen MR) is 76.5 cm³/mol. The second-order valence-electron chi connectivity index (χ2n) is 5.09. The van der Waals surface area contributed by atoms with Gasteiger partial charge >= 0.3 is 5.97 Å². The molecule has 104 valence electrons. The fourth-order valence-corrected chi connectivity index (χ4v) is 4.08. The zero-order valence-electron chi connectivity index (χ0n) is 11.3. The van der Waals surface area contributed by atoms with Gasteiger partial charge < -0.3 is 4.74 Å². The summed E-state index contributed by atoms with van der Waals surface area (Å²) in [6, 6.07) is 7.18. The van der Waals surface area contributed by atoms with Crippen LogP contribution in [0.1, 0.15) is 41.6 Å². The summed E-state index contributed by atoms with van der Waals surface area (Å²) in [5.41, 5.74) is 1.55. The molecule has 1 atom stereocenters. The summed E-state index contributed by atoms with van der Waals surface area (Å²) in [5.74, 6) is 1.71. The van der Waals surface area contributed by atoms with Gasteiger partial charge in [-0.05, 0) is 36.5 Å². The van der Waals surface area contributed by atoms with E-state index >= 15 is 0 Å². The smallest absolute Gasteiger partial charge is 0.337 e. The van der Waals surface area contributed by atoms with Crippen molar-refractivity contribution >= 4 is 16.8 Å². The topological polar surface area (TPSA) is 43.4 Å². The number of hydrogen-bond acceptors (Lipinski definition) is 3. The van der Waals surface area contributed by atoms with Gasteiger partial charge in [0, 0.05) is 22.3 Å². The van der Waals surface area contributed by atoms with Gasteiger partial charge in [0.15, 0.2) is 0 Å². The second-order valence-corrected chi connectivity index (χ2v) is 6.59. The van der Waals surface area contributed by atoms with Gasteiger partial charge in [-0.25, -0.2) is 4.79 Å². The molecule has 1 aliphatic carbocycles. The van der Waals surface area contributed by atoms with E-state index in [1.165, 1.54) is 32.8 Å². The number of carbonyl (C=O) groups excluding carboxylic acids is 1. The molecule has 0 aromatic heterocycles. The second kappa shape index (κ2) is 6.85. The van der Waals surface area contributed by atoms with Crippen LogP contribution in [0.25, 0.3) is 0 Å². The molecule has 0 N–H and O–H groups in total. The standard InChI is InChI=1S/C15H20O3S/c1-18-15(16)14-8-6-13(7-9-14)11-19(17)10-12-4-2-3-5-12/h6-9,12H,2-5,10-11H2,1H3. The Labute approximate surface area is 116 Å². The molecular formula is C15H20O3S. The first-order chi connectivity index (χ1) is 9.19. The first-order valence-corrected chi connectivity index (χ1v) is 8.20. The first kappa shape index (κ1) is 14.3. The van der Waals surface area contributed by atoms with E-state index in [2.05, 4.69) is 4.74 Å². The zero-order valence-corrected chi connectivity index (χ0v) is 12.1. The van der Waals surface area contributed by atoms with E-state index in [0.717, 1.165) is 11.3 Å². The lowest BCUT2D eigenvalue weighted by atomic mass is 10.1. The SMILES string of the molecule is COC(=O)c1ccc(CS(=O)CC2CCCC2)cc1. The fraction of sp³-hybridized carbons (Fsp3) is 0.533. The van der Waals surface area contributed by atoms with Crippen LogP contribution in [0.3, 0.4) is 0 Å². The molecule has 0 spiro atoms. The molecule has 1 aromatic carbocycles. The highest BCUT2D eigenvalue weighted by atomic mass is 32.2. The Morgan fingerprint density at radius 1 is 1.26 bits per heavy atom. The quantitative estimate of drug-likeness (QED) is 0.779. The number of benzene rings is 1. The van der Waals surface area contributed by atoms with E-state index in [1.807, 2.05) is 12.1 Å². The predicted octanol–water partition coefficient (Wildman–Crippen LogP) is 2.91. The van der Waals surface area contributed by atoms with Gasteiger partial charge in [0.1, 0.15) is 0 Å². The lowest BCUT2D eigenvalue weighted by Gasteiger charge is -2.08. The number of rotatable bonds is 5. The third kappa shape index (κ3) is 4.16. The molecule has 0 heterocycles. The van der Waals surface area contributed by atoms with E-state index in [4.69, 9.17) is 0 Å². The molecule has 0 amide bonds. The molecule has 3 nitrogen and oxygen atoms in total. The Bertz CT molecular complexity index is 447. The van der Waals surface area contributed by atoms with E-state index in [-0.39, 0.29) is 5.97 Å². The van der Waals surface area contributed by atoms with Crippen molar-refractivity contribution in [2.24, 2.45) is 5.92 Å². The molecule has 0 radical (unpaired) electrons. The number of carbonyl (C=O) groups is 1. The van der Waals surface area contributed by atoms with Crippen LogP contribution < -0.4 is 0 Å². The molecule has 1 aromatic rings. The maximum absolute atomic E-state index is 12.1. The third-order valence-electron chi connectivity index (χ3n) is 3.60. The van der Waals surface area contributed by atoms with Crippen molar-refractivity contribution in [3.8, 4) is 0 Å². The lowest BCUT2D eigenvalue weighted by molar-refractivity contribution is 0.0600. The van der Waals surface area contributed by atoms with Gasteiger partial charge in [0.05, 0.1) is 12.7 Å². The van der Waals surface area contributed by atoms with E-state index < -0.39 is 10.8 Å². The fourth-order valence-electron chi connectivity index (χ4n) is 2.54. The van der Waals surface area contributed by atoms with Crippen molar-refractivity contribution in [3.05, 3.63) is 35.4 Å². The molecule has 1 aliphatic rings. The average Bonchev–Trinajstić information content (AvgIpc) is 2.91. The summed E-state index contributed by atoms with van der Waals surface area (Å²) < 4.78 is 16.7. The molecule has 4 heteroatoms. The Morgan fingerprint density at radius 2 is 1.89 bits per heavy atom. The third-order valence-corrected chi connectivity index (χ3v) is 5.10. The number of esters is 1. The van der Waals surface area contributed by atoms with Gasteiger partial charge in [-0.1, -0.05) is 25.0 Å². The molecule has 1 unspecified atom stereocenters. The first-order valence-electron chi connectivity index (χ1n) is 6.71. The molecular weight excluding hydrogens is 260 g/mol. The van der Waals surface area contributed by atoms with Crippen LogP contribution in [0, 0.1) is 5.92 Å². The van der Waals surface area contributed by atoms with Crippen LogP contribution in [-0.4, -0.2) is 23.0 Å². The molecule has 1 saturated carbocycles. The van der Waals surface area contributed by atoms with Crippen molar-refractivity contribution < 1.29 is 13.7 Å². The minimum atomic E-state index is -0.796. The van der Waals surface area contributed by atoms with Crippen molar-refractivity contribution in [1.29, 1.82) is 0 Å². The summed E-state index contributed by atoms with van der Waals surface area (Å²) in [5, 5.41) is 0. The Hall–Kier alpha value is -1.16. The number of ether oxygens (including phenoxy) is 1. The molecule has 0 saturated heterocycles. The van der Waals surface area contributed by atoms with Crippen LogP contribution >= 0.6 is 0 Å². The number of hydrogen-bond donors (Lipinski definition) is 0. The number of methoxy groups -OCH3 is 1. The molecule has 2 rings (SSSR count). The minimum absolute atomic E-state index is 0.335. The van der Waals surface area contributed by atoms with E-state index in [9.17, 15) is 9.00 Å². The normalized spacial score (nSPS) is 17.3. The Balaban J connectivity index is 1.88. The monoisotopic (exact) mass is 280 g/mol. The summed E-state index contributed by atoms with van der Waals surface area (Å²) >= 11 is 0. The van der Waals surface area contributed by atoms with Gasteiger partial charge in [-0.3, -0.25) is 4.21 Å². The zero-order chi connectivity index (χ0) is 13.7. The average molecular weight is 280 g/mol. The minimum Gasteiger partial charge on any atom is -0.465 e. The van der Waals surface area contributed by atoms with Gasteiger partial charge in [-0.15, -0.1) is 0 Å². The molecule has 0 bridgehead atoms. The van der Waals surface area contributed by atoms with Gasteiger partial charge in [0.25, 0.3) is 0 Å². The highest BCUT2D eigenvalue weighted by molar-refractivity contribution is 7.84. The summed E-state index contributed by atoms with van der Waals surface area (Å²) in [6.07, 6.45) is 5.03. The summed E-state index contributed by atoms with van der Waals surface area (Å²) in [7, 11) is 0.572. The van der Waals surface area contributed by atoms with Crippen LogP contribution in [0.2, 0.25) is 0 Å². The maximum Gasteiger partial charge on any atom is 0.337 e. The van der Waals surface area contributed by atoms with Gasteiger partial charge in [0.2, 0.25) is 0 Å². The van der Waals surface area contributed by atoms with Gasteiger partial charge in [-0.2, -0.15) is 0 Å². The van der Waals surface area contributed by atoms with Crippen molar-refractivity contribution in [2.75, 3.05) is 12.9 Å². The van der Waals surface area contributed by atoms with Crippen LogP contribution in [0.15, 0.2) is 24.3 Å². The summed E-state index contributed by atoms with van der Waals surface area (Å²) in [6.45, 7) is 0. The molecule has 1 fully saturated rings. The molecule has 0 aliphatic heterocycles. The van der Waals surface area contributed by atoms with E-state index in [1.54, 1.807) is 12.1 Å². The van der Waals surface area contributed by atoms with Crippen molar-refractivity contribution in [3.63, 3.8) is 0 Å². The van der Waals surface area contributed by atoms with Crippen molar-refractivity contribution in [2.45, 2.75) is 31.4 Å². The summed E-state index contributed by atoms with van der Waals surface area (Å²) in [4.78, 5) is 11.3. The van der Waals surface area contributed by atoms with E-state index in [0.29, 0.717) is 17.2 Å². The molecule has 19 heavy (non-hydrogen) atoms. The highest BCUT2D eigenvalue weighted by Crippen LogP contribution is 2.25. The van der Waals surface area contributed by atoms with Crippen LogP contribution in [-0.2, 0) is 21.3 Å². The largest absolute Gasteiger partial charge is 0.465 e. The van der Waals surface area contributed by atoms with Crippen LogP contribution in [0.4, 0.5) is 0 Å². The Morgan fingerprint density at radius 3 is 2.47 bits per heavy atom. The Kier molecular flexibility index (Phi) is 5.14. The lowest BCUT2D eigenvalue weighted by Crippen LogP contribution is -2.09. The van der Waals surface area contributed by atoms with Crippen LogP contribution in [0.5, 0.6) is 0 Å².